The second kappa shape index (κ2) is 9.21. The van der Waals surface area contributed by atoms with Crippen molar-refractivity contribution in [1.82, 2.24) is 4.90 Å². The van der Waals surface area contributed by atoms with E-state index in [4.69, 9.17) is 9.15 Å². The Morgan fingerprint density at radius 3 is 2.44 bits per heavy atom. The number of ketones is 1. The van der Waals surface area contributed by atoms with Crippen LogP contribution in [-0.2, 0) is 16.1 Å². The van der Waals surface area contributed by atoms with Crippen LogP contribution in [0.25, 0.3) is 5.76 Å². The van der Waals surface area contributed by atoms with Crippen LogP contribution < -0.4 is 4.74 Å². The number of methoxy groups -OCH3 is 1. The number of carbonyl (C=O) groups is 2. The maximum atomic E-state index is 13.3. The Bertz CT molecular complexity index is 1270. The van der Waals surface area contributed by atoms with Gasteiger partial charge in [0.15, 0.2) is 0 Å². The van der Waals surface area contributed by atoms with E-state index in [1.54, 1.807) is 19.2 Å². The monoisotopic (exact) mass is 459 g/mol. The predicted molar refractivity (Wildman–Crippen MR) is 130 cm³/mol. The van der Waals surface area contributed by atoms with Crippen LogP contribution in [0, 0.1) is 13.8 Å². The van der Waals surface area contributed by atoms with Crippen molar-refractivity contribution in [2.75, 3.05) is 7.11 Å². The first-order chi connectivity index (χ1) is 16.2. The molecule has 2 heterocycles. The summed E-state index contributed by atoms with van der Waals surface area (Å²) in [5.41, 5.74) is 3.95. The zero-order chi connectivity index (χ0) is 24.6. The van der Waals surface area contributed by atoms with E-state index in [0.29, 0.717) is 11.3 Å². The quantitative estimate of drug-likeness (QED) is 0.293. The van der Waals surface area contributed by atoms with Gasteiger partial charge >= 0.3 is 0 Å². The van der Waals surface area contributed by atoms with Gasteiger partial charge in [-0.15, -0.1) is 0 Å². The number of amides is 1. The normalized spacial score (nSPS) is 17.6. The van der Waals surface area contributed by atoms with Gasteiger partial charge in [-0.25, -0.2) is 0 Å². The average Bonchev–Trinajstić information content (AvgIpc) is 3.41. The van der Waals surface area contributed by atoms with E-state index >= 15 is 0 Å². The Hall–Kier alpha value is -3.80. The van der Waals surface area contributed by atoms with E-state index in [2.05, 4.69) is 0 Å². The first kappa shape index (κ1) is 23.4. The van der Waals surface area contributed by atoms with E-state index in [9.17, 15) is 14.7 Å². The standard InChI is InChI=1S/C28H29NO5/c1-16(2)21-14-22(18(4)13-23(21)33-5)26(30)24-25(20-11-7-6-9-17(20)3)29(28(32)27(24)31)15-19-10-8-12-34-19/h6-14,16,25,30H,15H2,1-5H3/b26-24+. The molecule has 1 unspecified atom stereocenters. The summed E-state index contributed by atoms with van der Waals surface area (Å²) in [6.45, 7) is 7.96. The van der Waals surface area contributed by atoms with Gasteiger partial charge in [-0.3, -0.25) is 9.59 Å². The van der Waals surface area contributed by atoms with Gasteiger partial charge < -0.3 is 19.2 Å². The van der Waals surface area contributed by atoms with Crippen LogP contribution in [0.15, 0.2) is 64.8 Å². The van der Waals surface area contributed by atoms with Crippen molar-refractivity contribution in [2.24, 2.45) is 0 Å². The number of rotatable bonds is 6. The Labute approximate surface area is 199 Å². The summed E-state index contributed by atoms with van der Waals surface area (Å²) in [6, 6.07) is 14.0. The number of hydrogen-bond donors (Lipinski definition) is 1. The number of hydrogen-bond acceptors (Lipinski definition) is 5. The number of benzene rings is 2. The molecule has 6 heteroatoms. The highest BCUT2D eigenvalue weighted by Gasteiger charge is 2.47. The number of aliphatic hydroxyl groups excluding tert-OH is 1. The number of nitrogens with zero attached hydrogens (tertiary/aromatic N) is 1. The van der Waals surface area contributed by atoms with Crippen LogP contribution in [0.3, 0.4) is 0 Å². The maximum absolute atomic E-state index is 13.3. The lowest BCUT2D eigenvalue weighted by atomic mass is 9.90. The molecule has 1 aliphatic rings. The van der Waals surface area contributed by atoms with Gasteiger partial charge in [0.2, 0.25) is 0 Å². The molecule has 1 atom stereocenters. The molecule has 2 aromatic carbocycles. The van der Waals surface area contributed by atoms with Crippen LogP contribution in [0.5, 0.6) is 5.75 Å². The summed E-state index contributed by atoms with van der Waals surface area (Å²) in [7, 11) is 1.61. The first-order valence-electron chi connectivity index (χ1n) is 11.3. The molecule has 0 bridgehead atoms. The molecule has 6 nitrogen and oxygen atoms in total. The minimum absolute atomic E-state index is 0.0776. The maximum Gasteiger partial charge on any atom is 0.296 e. The third-order valence-corrected chi connectivity index (χ3v) is 6.38. The number of likely N-dealkylation sites (tertiary alicyclic amines) is 1. The van der Waals surface area contributed by atoms with Crippen molar-refractivity contribution in [3.63, 3.8) is 0 Å². The van der Waals surface area contributed by atoms with Gasteiger partial charge in [0.25, 0.3) is 11.7 Å². The summed E-state index contributed by atoms with van der Waals surface area (Å²) in [5.74, 6) is -0.146. The van der Waals surface area contributed by atoms with Gasteiger partial charge in [0, 0.05) is 5.56 Å². The number of carbonyl (C=O) groups excluding carboxylic acids is 2. The van der Waals surface area contributed by atoms with Crippen molar-refractivity contribution in [1.29, 1.82) is 0 Å². The molecular formula is C28H29NO5. The zero-order valence-electron chi connectivity index (χ0n) is 20.1. The molecule has 0 saturated carbocycles. The van der Waals surface area contributed by atoms with E-state index in [-0.39, 0.29) is 23.8 Å². The second-order valence-corrected chi connectivity index (χ2v) is 8.93. The minimum Gasteiger partial charge on any atom is -0.507 e. The molecule has 34 heavy (non-hydrogen) atoms. The van der Waals surface area contributed by atoms with Gasteiger partial charge in [0.05, 0.1) is 31.5 Å². The van der Waals surface area contributed by atoms with Crippen molar-refractivity contribution in [3.8, 4) is 5.75 Å². The van der Waals surface area contributed by atoms with Gasteiger partial charge in [0.1, 0.15) is 17.3 Å². The third-order valence-electron chi connectivity index (χ3n) is 6.38. The Kier molecular flexibility index (Phi) is 6.33. The summed E-state index contributed by atoms with van der Waals surface area (Å²) in [5, 5.41) is 11.5. The van der Waals surface area contributed by atoms with Crippen LogP contribution in [0.2, 0.25) is 0 Å². The van der Waals surface area contributed by atoms with Crippen molar-refractivity contribution in [3.05, 3.63) is 93.9 Å². The summed E-state index contributed by atoms with van der Waals surface area (Å²) < 4.78 is 11.0. The van der Waals surface area contributed by atoms with Crippen molar-refractivity contribution in [2.45, 2.75) is 46.2 Å². The lowest BCUT2D eigenvalue weighted by Crippen LogP contribution is -2.29. The smallest absolute Gasteiger partial charge is 0.296 e. The van der Waals surface area contributed by atoms with Crippen LogP contribution in [0.1, 0.15) is 59.4 Å². The molecule has 176 valence electrons. The molecule has 1 amide bonds. The average molecular weight is 460 g/mol. The number of aliphatic hydroxyl groups is 1. The molecule has 0 aliphatic carbocycles. The van der Waals surface area contributed by atoms with Gasteiger partial charge in [-0.05, 0) is 66.3 Å². The lowest BCUT2D eigenvalue weighted by molar-refractivity contribution is -0.140. The minimum atomic E-state index is -0.740. The number of ether oxygens (including phenoxy) is 1. The predicted octanol–water partition coefficient (Wildman–Crippen LogP) is 5.65. The first-order valence-corrected chi connectivity index (χ1v) is 11.3. The topological polar surface area (TPSA) is 80.0 Å². The molecule has 4 rings (SSSR count). The van der Waals surface area contributed by atoms with E-state index in [1.807, 2.05) is 64.1 Å². The van der Waals surface area contributed by atoms with Crippen LogP contribution in [-0.4, -0.2) is 28.8 Å². The molecular weight excluding hydrogens is 430 g/mol. The SMILES string of the molecule is COc1cc(C)c(/C(O)=C2\C(=O)C(=O)N(Cc3ccco3)C2c2ccccc2C)cc1C(C)C. The van der Waals surface area contributed by atoms with Crippen molar-refractivity contribution >= 4 is 17.4 Å². The third kappa shape index (κ3) is 4.00. The van der Waals surface area contributed by atoms with Gasteiger partial charge in [-0.2, -0.15) is 0 Å². The molecule has 0 radical (unpaired) electrons. The molecule has 3 aromatic rings. The summed E-state index contributed by atoms with van der Waals surface area (Å²) in [6.07, 6.45) is 1.53. The highest BCUT2D eigenvalue weighted by molar-refractivity contribution is 6.46. The molecule has 0 spiro atoms. The number of furan rings is 1. The van der Waals surface area contributed by atoms with Crippen LogP contribution >= 0.6 is 0 Å². The highest BCUT2D eigenvalue weighted by atomic mass is 16.5. The highest BCUT2D eigenvalue weighted by Crippen LogP contribution is 2.42. The summed E-state index contributed by atoms with van der Waals surface area (Å²) in [4.78, 5) is 28.0. The second-order valence-electron chi connectivity index (χ2n) is 8.93. The van der Waals surface area contributed by atoms with Gasteiger partial charge in [-0.1, -0.05) is 38.1 Å². The Balaban J connectivity index is 1.94. The fourth-order valence-corrected chi connectivity index (χ4v) is 4.56. The fourth-order valence-electron chi connectivity index (χ4n) is 4.56. The number of aryl methyl sites for hydroxylation is 2. The number of Topliss-reactive ketones (excluding diaryl/α,β-unsaturated/α-hetero) is 1. The lowest BCUT2D eigenvalue weighted by Gasteiger charge is -2.26. The van der Waals surface area contributed by atoms with Crippen molar-refractivity contribution < 1.29 is 23.8 Å². The molecule has 1 saturated heterocycles. The Morgan fingerprint density at radius 2 is 1.82 bits per heavy atom. The molecule has 1 fully saturated rings. The largest absolute Gasteiger partial charge is 0.507 e. The molecule has 1 aliphatic heterocycles. The van der Waals surface area contributed by atoms with E-state index in [0.717, 1.165) is 28.0 Å². The zero-order valence-corrected chi connectivity index (χ0v) is 20.1. The van der Waals surface area contributed by atoms with Crippen LogP contribution in [0.4, 0.5) is 0 Å². The molecule has 1 N–H and O–H groups in total. The van der Waals surface area contributed by atoms with E-state index in [1.165, 1.54) is 11.2 Å². The Morgan fingerprint density at radius 1 is 1.09 bits per heavy atom. The van der Waals surface area contributed by atoms with E-state index < -0.39 is 17.7 Å². The summed E-state index contributed by atoms with van der Waals surface area (Å²) >= 11 is 0. The fraction of sp³-hybridized carbons (Fsp3) is 0.286. The molecule has 1 aromatic heterocycles.